The van der Waals surface area contributed by atoms with Crippen molar-refractivity contribution < 1.29 is 18.7 Å². The highest BCUT2D eigenvalue weighted by atomic mass is 32.2. The normalized spacial score (nSPS) is 13.3. The minimum Gasteiger partial charge on any atom is -0.492 e. The molecule has 136 valence electrons. The number of hydrogen-bond donors (Lipinski definition) is 0. The van der Waals surface area contributed by atoms with Crippen LogP contribution in [-0.4, -0.2) is 49.2 Å². The summed E-state index contributed by atoms with van der Waals surface area (Å²) in [6, 6.07) is 13.3. The molecule has 0 aliphatic carbocycles. The van der Waals surface area contributed by atoms with Crippen LogP contribution >= 0.6 is 11.8 Å². The smallest absolute Gasteiger partial charge is 0.242 e. The van der Waals surface area contributed by atoms with E-state index in [0.717, 1.165) is 10.6 Å². The fourth-order valence-electron chi connectivity index (χ4n) is 2.54. The zero-order chi connectivity index (χ0) is 18.5. The first-order valence-electron chi connectivity index (χ1n) is 8.19. The largest absolute Gasteiger partial charge is 0.492 e. The van der Waals surface area contributed by atoms with Crippen molar-refractivity contribution in [2.45, 2.75) is 4.90 Å². The number of para-hydroxylation sites is 1. The lowest BCUT2D eigenvalue weighted by atomic mass is 10.2. The van der Waals surface area contributed by atoms with Crippen LogP contribution in [0.4, 0.5) is 10.1 Å². The number of amides is 2. The van der Waals surface area contributed by atoms with Gasteiger partial charge in [-0.1, -0.05) is 12.1 Å². The summed E-state index contributed by atoms with van der Waals surface area (Å²) in [5.41, 5.74) is 0.776. The Bertz CT molecular complexity index is 798. The number of ether oxygens (including phenoxy) is 1. The van der Waals surface area contributed by atoms with Gasteiger partial charge in [0.1, 0.15) is 24.7 Å². The molecule has 1 aliphatic rings. The number of rotatable bonds is 6. The lowest BCUT2D eigenvalue weighted by Gasteiger charge is -2.30. The summed E-state index contributed by atoms with van der Waals surface area (Å²) in [6.45, 7) is 0.659. The van der Waals surface area contributed by atoms with Gasteiger partial charge in [-0.05, 0) is 36.4 Å². The lowest BCUT2D eigenvalue weighted by Crippen LogP contribution is -2.44. The number of hydrogen-bond acceptors (Lipinski definition) is 4. The SMILES string of the molecule is CN(CCOc1ccc(F)cc1)C(=O)CN1C(=O)CSc2ccccc21. The van der Waals surface area contributed by atoms with E-state index in [1.165, 1.54) is 45.8 Å². The van der Waals surface area contributed by atoms with Crippen LogP contribution in [0.2, 0.25) is 0 Å². The Morgan fingerprint density at radius 2 is 1.96 bits per heavy atom. The van der Waals surface area contributed by atoms with Gasteiger partial charge in [-0.25, -0.2) is 4.39 Å². The topological polar surface area (TPSA) is 49.9 Å². The van der Waals surface area contributed by atoms with Gasteiger partial charge in [0, 0.05) is 11.9 Å². The monoisotopic (exact) mass is 374 g/mol. The molecule has 1 aliphatic heterocycles. The summed E-state index contributed by atoms with van der Waals surface area (Å²) in [4.78, 5) is 28.8. The highest BCUT2D eigenvalue weighted by Gasteiger charge is 2.27. The van der Waals surface area contributed by atoms with E-state index in [9.17, 15) is 14.0 Å². The third-order valence-electron chi connectivity index (χ3n) is 4.04. The molecule has 5 nitrogen and oxygen atoms in total. The highest BCUT2D eigenvalue weighted by molar-refractivity contribution is 8.00. The average Bonchev–Trinajstić information content (AvgIpc) is 2.65. The van der Waals surface area contributed by atoms with Crippen molar-refractivity contribution in [1.29, 1.82) is 0 Å². The molecule has 0 saturated heterocycles. The van der Waals surface area contributed by atoms with Crippen LogP contribution in [0.15, 0.2) is 53.4 Å². The number of anilines is 1. The molecular formula is C19H19FN2O3S. The Kier molecular flexibility index (Phi) is 5.78. The van der Waals surface area contributed by atoms with Crippen LogP contribution in [0.5, 0.6) is 5.75 Å². The van der Waals surface area contributed by atoms with Gasteiger partial charge in [-0.2, -0.15) is 0 Å². The Hall–Kier alpha value is -2.54. The van der Waals surface area contributed by atoms with Gasteiger partial charge in [0.05, 0.1) is 18.0 Å². The van der Waals surface area contributed by atoms with Crippen molar-refractivity contribution in [1.82, 2.24) is 4.90 Å². The lowest BCUT2D eigenvalue weighted by molar-refractivity contribution is -0.130. The summed E-state index contributed by atoms with van der Waals surface area (Å²) in [5.74, 6) is 0.321. The first-order valence-corrected chi connectivity index (χ1v) is 9.17. The van der Waals surface area contributed by atoms with Gasteiger partial charge in [0.25, 0.3) is 0 Å². The van der Waals surface area contributed by atoms with Gasteiger partial charge in [-0.15, -0.1) is 11.8 Å². The molecule has 0 bridgehead atoms. The molecule has 0 aromatic heterocycles. The fourth-order valence-corrected chi connectivity index (χ4v) is 3.47. The quantitative estimate of drug-likeness (QED) is 0.780. The Balaban J connectivity index is 1.54. The number of halogens is 1. The average molecular weight is 374 g/mol. The van der Waals surface area contributed by atoms with E-state index < -0.39 is 0 Å². The van der Waals surface area contributed by atoms with Crippen molar-refractivity contribution in [3.63, 3.8) is 0 Å². The Morgan fingerprint density at radius 1 is 1.23 bits per heavy atom. The van der Waals surface area contributed by atoms with Crippen LogP contribution in [-0.2, 0) is 9.59 Å². The number of carbonyl (C=O) groups is 2. The molecule has 2 aromatic rings. The van der Waals surface area contributed by atoms with Crippen LogP contribution < -0.4 is 9.64 Å². The zero-order valence-corrected chi connectivity index (χ0v) is 15.2. The first-order chi connectivity index (χ1) is 12.5. The van der Waals surface area contributed by atoms with Gasteiger partial charge in [0.15, 0.2) is 0 Å². The van der Waals surface area contributed by atoms with Gasteiger partial charge < -0.3 is 14.5 Å². The molecule has 0 N–H and O–H groups in total. The predicted molar refractivity (Wildman–Crippen MR) is 99.1 cm³/mol. The summed E-state index contributed by atoms with van der Waals surface area (Å²) >= 11 is 1.49. The molecule has 26 heavy (non-hydrogen) atoms. The molecule has 7 heteroatoms. The molecule has 0 saturated carbocycles. The van der Waals surface area contributed by atoms with E-state index in [2.05, 4.69) is 0 Å². The van der Waals surface area contributed by atoms with Crippen LogP contribution in [0.1, 0.15) is 0 Å². The van der Waals surface area contributed by atoms with E-state index in [0.29, 0.717) is 18.0 Å². The highest BCUT2D eigenvalue weighted by Crippen LogP contribution is 2.34. The van der Waals surface area contributed by atoms with Crippen molar-refractivity contribution in [3.05, 3.63) is 54.3 Å². The molecule has 3 rings (SSSR count). The maximum atomic E-state index is 12.9. The minimum atomic E-state index is -0.325. The second-order valence-corrected chi connectivity index (χ2v) is 6.87. The molecule has 2 amide bonds. The molecule has 1 heterocycles. The summed E-state index contributed by atoms with van der Waals surface area (Å²) < 4.78 is 18.4. The standard InChI is InChI=1S/C19H19FN2O3S/c1-21(10-11-25-15-8-6-14(20)7-9-15)18(23)12-22-16-4-2-3-5-17(16)26-13-19(22)24/h2-9H,10-13H2,1H3. The first kappa shape index (κ1) is 18.3. The van der Waals surface area contributed by atoms with E-state index in [-0.39, 0.29) is 30.8 Å². The van der Waals surface area contributed by atoms with Crippen LogP contribution in [0, 0.1) is 5.82 Å². The maximum absolute atomic E-state index is 12.9. The number of carbonyl (C=O) groups excluding carboxylic acids is 2. The van der Waals surface area contributed by atoms with Gasteiger partial charge in [0.2, 0.25) is 11.8 Å². The fraction of sp³-hybridized carbons (Fsp3) is 0.263. The molecule has 0 spiro atoms. The molecule has 0 atom stereocenters. The van der Waals surface area contributed by atoms with Gasteiger partial charge >= 0.3 is 0 Å². The second-order valence-electron chi connectivity index (χ2n) is 5.85. The number of likely N-dealkylation sites (N-methyl/N-ethyl adjacent to an activating group) is 1. The van der Waals surface area contributed by atoms with E-state index >= 15 is 0 Å². The third-order valence-corrected chi connectivity index (χ3v) is 5.08. The molecule has 0 fully saturated rings. The second kappa shape index (κ2) is 8.23. The number of thioether (sulfide) groups is 1. The van der Waals surface area contributed by atoms with E-state index in [1.54, 1.807) is 7.05 Å². The summed E-state index contributed by atoms with van der Waals surface area (Å²) in [6.07, 6.45) is 0. The van der Waals surface area contributed by atoms with Gasteiger partial charge in [-0.3, -0.25) is 9.59 Å². The zero-order valence-electron chi connectivity index (χ0n) is 14.4. The molecule has 2 aromatic carbocycles. The minimum absolute atomic E-state index is 0.00343. The molecule has 0 unspecified atom stereocenters. The van der Waals surface area contributed by atoms with Crippen molar-refractivity contribution in [3.8, 4) is 5.75 Å². The predicted octanol–water partition coefficient (Wildman–Crippen LogP) is 2.80. The maximum Gasteiger partial charge on any atom is 0.242 e. The number of benzene rings is 2. The van der Waals surface area contributed by atoms with E-state index in [4.69, 9.17) is 4.74 Å². The summed E-state index contributed by atoms with van der Waals surface area (Å²) in [5, 5.41) is 0. The number of fused-ring (bicyclic) bond motifs is 1. The molecule has 0 radical (unpaired) electrons. The Morgan fingerprint density at radius 3 is 2.73 bits per heavy atom. The Labute approximate surface area is 155 Å². The van der Waals surface area contributed by atoms with Crippen LogP contribution in [0.3, 0.4) is 0 Å². The number of nitrogens with zero attached hydrogens (tertiary/aromatic N) is 2. The van der Waals surface area contributed by atoms with E-state index in [1.807, 2.05) is 24.3 Å². The van der Waals surface area contributed by atoms with Crippen molar-refractivity contribution in [2.24, 2.45) is 0 Å². The van der Waals surface area contributed by atoms with Crippen molar-refractivity contribution >= 4 is 29.3 Å². The molecular weight excluding hydrogens is 355 g/mol. The van der Waals surface area contributed by atoms with Crippen LogP contribution in [0.25, 0.3) is 0 Å². The third kappa shape index (κ3) is 4.35. The summed E-state index contributed by atoms with van der Waals surface area (Å²) in [7, 11) is 1.67. The van der Waals surface area contributed by atoms with Crippen molar-refractivity contribution in [2.75, 3.05) is 37.4 Å².